The Labute approximate surface area is 113 Å². The smallest absolute Gasteiger partial charge is 0.442 e. The minimum absolute atomic E-state index is 0.00428. The lowest BCUT2D eigenvalue weighted by atomic mass is 10.1. The highest BCUT2D eigenvalue weighted by Gasteiger charge is 2.29. The monoisotopic (exact) mass is 290 g/mol. The van der Waals surface area contributed by atoms with Crippen molar-refractivity contribution in [2.45, 2.75) is 12.4 Å². The zero-order chi connectivity index (χ0) is 14.3. The van der Waals surface area contributed by atoms with Crippen LogP contribution >= 0.6 is 11.8 Å². The van der Waals surface area contributed by atoms with E-state index < -0.39 is 17.2 Å². The van der Waals surface area contributed by atoms with Gasteiger partial charge in [-0.15, -0.1) is 0 Å². The lowest BCUT2D eigenvalue weighted by Gasteiger charge is -2.09. The van der Waals surface area contributed by atoms with Crippen LogP contribution in [0.2, 0.25) is 0 Å². The van der Waals surface area contributed by atoms with Crippen molar-refractivity contribution in [2.24, 2.45) is 0 Å². The van der Waals surface area contributed by atoms with Crippen molar-refractivity contribution < 1.29 is 22.7 Å². The summed E-state index contributed by atoms with van der Waals surface area (Å²) in [4.78, 5) is 11.6. The molecule has 0 unspecified atom stereocenters. The molecule has 6 heteroatoms. The van der Waals surface area contributed by atoms with E-state index in [4.69, 9.17) is 4.74 Å². The minimum Gasteiger partial charge on any atom is -0.463 e. The highest BCUT2D eigenvalue weighted by atomic mass is 32.2. The van der Waals surface area contributed by atoms with Gasteiger partial charge in [-0.25, -0.2) is 4.79 Å². The molecule has 1 rings (SSSR count). The largest absolute Gasteiger partial charge is 0.463 e. The molecule has 104 valence electrons. The van der Waals surface area contributed by atoms with E-state index in [0.717, 1.165) is 0 Å². The molecule has 0 spiro atoms. The summed E-state index contributed by atoms with van der Waals surface area (Å²) in [6, 6.07) is 8.68. The fourth-order valence-electron chi connectivity index (χ4n) is 1.29. The number of esters is 1. The molecule has 0 aliphatic heterocycles. The second-order valence-corrected chi connectivity index (χ2v) is 4.58. The van der Waals surface area contributed by atoms with Gasteiger partial charge in [0.2, 0.25) is 0 Å². The van der Waals surface area contributed by atoms with Crippen LogP contribution in [0.3, 0.4) is 0 Å². The van der Waals surface area contributed by atoms with Crippen molar-refractivity contribution in [3.05, 3.63) is 41.5 Å². The molecule has 0 atom stereocenters. The minimum atomic E-state index is -4.37. The summed E-state index contributed by atoms with van der Waals surface area (Å²) in [6.45, 7) is 1.73. The Hall–Kier alpha value is -1.43. The van der Waals surface area contributed by atoms with Crippen LogP contribution in [-0.4, -0.2) is 23.8 Å². The molecule has 19 heavy (non-hydrogen) atoms. The maximum absolute atomic E-state index is 12.2. The molecule has 0 fully saturated rings. The quantitative estimate of drug-likeness (QED) is 0.608. The third-order valence-corrected chi connectivity index (χ3v) is 2.85. The zero-order valence-corrected chi connectivity index (χ0v) is 11.1. The van der Waals surface area contributed by atoms with Crippen LogP contribution < -0.4 is 0 Å². The van der Waals surface area contributed by atoms with E-state index in [0.29, 0.717) is 5.56 Å². The summed E-state index contributed by atoms with van der Waals surface area (Å²) in [6.07, 6.45) is 1.41. The highest BCUT2D eigenvalue weighted by Crippen LogP contribution is 2.32. The van der Waals surface area contributed by atoms with E-state index >= 15 is 0 Å². The normalized spacial score (nSPS) is 12.3. The zero-order valence-electron chi connectivity index (χ0n) is 10.2. The highest BCUT2D eigenvalue weighted by molar-refractivity contribution is 8.00. The first-order chi connectivity index (χ1) is 8.92. The Kier molecular flexibility index (Phi) is 5.95. The van der Waals surface area contributed by atoms with Gasteiger partial charge in [0.1, 0.15) is 0 Å². The first-order valence-corrected chi connectivity index (χ1v) is 6.54. The van der Waals surface area contributed by atoms with Gasteiger partial charge in [0, 0.05) is 11.3 Å². The molecule has 0 amide bonds. The number of carbonyl (C=O) groups is 1. The van der Waals surface area contributed by atoms with Gasteiger partial charge in [0.15, 0.2) is 0 Å². The Bertz CT molecular complexity index is 441. The molecule has 0 N–H and O–H groups in total. The predicted octanol–water partition coefficient (Wildman–Crippen LogP) is 3.89. The molecule has 0 radical (unpaired) electrons. The van der Waals surface area contributed by atoms with Gasteiger partial charge in [0.05, 0.1) is 6.61 Å². The molecule has 1 aromatic carbocycles. The Morgan fingerprint density at radius 3 is 2.47 bits per heavy atom. The third-order valence-electron chi connectivity index (χ3n) is 2.07. The number of carbonyl (C=O) groups excluding carboxylic acids is 1. The molecule has 0 bridgehead atoms. The Morgan fingerprint density at radius 2 is 1.95 bits per heavy atom. The average Bonchev–Trinajstić information content (AvgIpc) is 2.35. The lowest BCUT2D eigenvalue weighted by Crippen LogP contribution is -2.12. The fraction of sp³-hybridized carbons (Fsp3) is 0.308. The summed E-state index contributed by atoms with van der Waals surface area (Å²) >= 11 is -0.254. The Balaban J connectivity index is 2.86. The lowest BCUT2D eigenvalue weighted by molar-refractivity contribution is -0.138. The molecule has 0 aliphatic carbocycles. The number of rotatable bonds is 5. The summed E-state index contributed by atoms with van der Waals surface area (Å²) < 4.78 is 41.3. The van der Waals surface area contributed by atoms with Gasteiger partial charge in [-0.2, -0.15) is 13.2 Å². The Morgan fingerprint density at radius 1 is 1.32 bits per heavy atom. The number of alkyl halides is 3. The molecule has 0 aliphatic rings. The van der Waals surface area contributed by atoms with E-state index in [1.807, 2.05) is 0 Å². The topological polar surface area (TPSA) is 26.3 Å². The second kappa shape index (κ2) is 7.23. The molecule has 0 saturated carbocycles. The van der Waals surface area contributed by atoms with Gasteiger partial charge >= 0.3 is 11.5 Å². The number of thioether (sulfide) groups is 1. The van der Waals surface area contributed by atoms with E-state index in [9.17, 15) is 18.0 Å². The number of halogens is 3. The molecule has 0 saturated heterocycles. The van der Waals surface area contributed by atoms with Crippen LogP contribution in [0.25, 0.3) is 6.08 Å². The summed E-state index contributed by atoms with van der Waals surface area (Å²) in [5.74, 6) is -1.18. The summed E-state index contributed by atoms with van der Waals surface area (Å²) in [5, 5.41) is 0. The van der Waals surface area contributed by atoms with Gasteiger partial charge in [-0.05, 0) is 30.3 Å². The van der Waals surface area contributed by atoms with Gasteiger partial charge in [-0.1, -0.05) is 30.3 Å². The number of hydrogen-bond donors (Lipinski definition) is 0. The van der Waals surface area contributed by atoms with Crippen molar-refractivity contribution in [1.82, 2.24) is 0 Å². The molecular weight excluding hydrogens is 277 g/mol. The standard InChI is InChI=1S/C13H13F3O2S/c1-2-18-12(17)11(9-19-13(14,15)16)8-10-6-4-3-5-7-10/h3-8H,2,9H2,1H3/b11-8+. The van der Waals surface area contributed by atoms with E-state index in [1.165, 1.54) is 6.08 Å². The van der Waals surface area contributed by atoms with Gasteiger partial charge in [-0.3, -0.25) is 0 Å². The SMILES string of the molecule is CCOC(=O)/C(=C/c1ccccc1)CSC(F)(F)F. The van der Waals surface area contributed by atoms with Gasteiger partial charge < -0.3 is 4.74 Å². The average molecular weight is 290 g/mol. The first kappa shape index (κ1) is 15.6. The second-order valence-electron chi connectivity index (χ2n) is 3.54. The predicted molar refractivity (Wildman–Crippen MR) is 69.6 cm³/mol. The van der Waals surface area contributed by atoms with Crippen LogP contribution in [0, 0.1) is 0 Å². The summed E-state index contributed by atoms with van der Waals surface area (Å²) in [5.41, 5.74) is -3.72. The van der Waals surface area contributed by atoms with Gasteiger partial charge in [0.25, 0.3) is 0 Å². The molecule has 2 nitrogen and oxygen atoms in total. The molecule has 0 aromatic heterocycles. The maximum atomic E-state index is 12.2. The number of ether oxygens (including phenoxy) is 1. The molecule has 0 heterocycles. The van der Waals surface area contributed by atoms with E-state index in [1.54, 1.807) is 37.3 Å². The van der Waals surface area contributed by atoms with Crippen molar-refractivity contribution in [3.8, 4) is 0 Å². The van der Waals surface area contributed by atoms with Crippen LogP contribution in [0.1, 0.15) is 12.5 Å². The van der Waals surface area contributed by atoms with Crippen molar-refractivity contribution in [2.75, 3.05) is 12.4 Å². The van der Waals surface area contributed by atoms with E-state index in [2.05, 4.69) is 0 Å². The van der Waals surface area contributed by atoms with Crippen molar-refractivity contribution in [3.63, 3.8) is 0 Å². The molecule has 1 aromatic rings. The summed E-state index contributed by atoms with van der Waals surface area (Å²) in [7, 11) is 0. The molecular formula is C13H13F3O2S. The van der Waals surface area contributed by atoms with E-state index in [-0.39, 0.29) is 23.9 Å². The number of hydrogen-bond acceptors (Lipinski definition) is 3. The van der Waals surface area contributed by atoms with Crippen LogP contribution in [-0.2, 0) is 9.53 Å². The third kappa shape index (κ3) is 6.33. The van der Waals surface area contributed by atoms with Crippen LogP contribution in [0.5, 0.6) is 0 Å². The van der Waals surface area contributed by atoms with Crippen molar-refractivity contribution >= 4 is 23.8 Å². The maximum Gasteiger partial charge on any atom is 0.442 e. The fourth-order valence-corrected chi connectivity index (χ4v) is 1.81. The van der Waals surface area contributed by atoms with Crippen LogP contribution in [0.4, 0.5) is 13.2 Å². The first-order valence-electron chi connectivity index (χ1n) is 5.56. The number of benzene rings is 1. The van der Waals surface area contributed by atoms with Crippen LogP contribution in [0.15, 0.2) is 35.9 Å². The van der Waals surface area contributed by atoms with Crippen molar-refractivity contribution in [1.29, 1.82) is 0 Å².